The third-order valence-corrected chi connectivity index (χ3v) is 5.18. The molecule has 0 radical (unpaired) electrons. The molecule has 0 aromatic carbocycles. The summed E-state index contributed by atoms with van der Waals surface area (Å²) in [5.41, 5.74) is -1.18. The average molecular weight is 437 g/mol. The molecule has 0 bridgehead atoms. The zero-order valence-corrected chi connectivity index (χ0v) is 16.9. The number of amides is 1. The van der Waals surface area contributed by atoms with Gasteiger partial charge in [-0.3, -0.25) is 9.48 Å². The number of halogens is 4. The van der Waals surface area contributed by atoms with Crippen molar-refractivity contribution >= 4 is 5.91 Å². The number of hydrogen-bond donors (Lipinski definition) is 0. The molecule has 1 amide bonds. The monoisotopic (exact) mass is 437 g/mol. The first-order valence-corrected chi connectivity index (χ1v) is 9.59. The predicted molar refractivity (Wildman–Crippen MR) is 99.8 cm³/mol. The minimum absolute atomic E-state index is 0.0302. The second kappa shape index (κ2) is 7.43. The molecule has 164 valence electrons. The van der Waals surface area contributed by atoms with E-state index in [9.17, 15) is 22.4 Å². The SMILES string of the molecule is CC(C)n1ccc(-n2nnc3c2C[C@H](C)N(C(=O)c2nccc(C(F)(F)F)c2F)C3)n1. The van der Waals surface area contributed by atoms with Crippen LogP contribution in [0.1, 0.15) is 54.3 Å². The summed E-state index contributed by atoms with van der Waals surface area (Å²) in [7, 11) is 0. The molecular formula is C19H19F4N7O. The van der Waals surface area contributed by atoms with Gasteiger partial charge in [0.15, 0.2) is 17.3 Å². The van der Waals surface area contributed by atoms with E-state index in [4.69, 9.17) is 0 Å². The van der Waals surface area contributed by atoms with Gasteiger partial charge in [-0.1, -0.05) is 5.21 Å². The van der Waals surface area contributed by atoms with Crippen molar-refractivity contribution in [1.29, 1.82) is 0 Å². The fourth-order valence-corrected chi connectivity index (χ4v) is 3.50. The number of fused-ring (bicyclic) bond motifs is 1. The van der Waals surface area contributed by atoms with E-state index in [0.29, 0.717) is 24.0 Å². The molecule has 4 rings (SSSR count). The van der Waals surface area contributed by atoms with Crippen molar-refractivity contribution in [2.75, 3.05) is 0 Å². The Morgan fingerprint density at radius 2 is 2.00 bits per heavy atom. The standard InChI is InChI=1S/C19H19F4N7O/c1-10(2)29-7-5-15(26-29)30-14-8-11(3)28(9-13(14)25-27-30)18(31)17-16(20)12(4-6-24-17)19(21,22)23/h4-7,10-11H,8-9H2,1-3H3/t11-/m0/s1. The van der Waals surface area contributed by atoms with E-state index in [1.165, 1.54) is 4.90 Å². The van der Waals surface area contributed by atoms with Crippen molar-refractivity contribution in [2.45, 2.75) is 52.0 Å². The van der Waals surface area contributed by atoms with Crippen molar-refractivity contribution in [1.82, 2.24) is 34.7 Å². The van der Waals surface area contributed by atoms with Gasteiger partial charge in [0.1, 0.15) is 5.69 Å². The van der Waals surface area contributed by atoms with E-state index in [2.05, 4.69) is 20.4 Å². The molecule has 0 unspecified atom stereocenters. The summed E-state index contributed by atoms with van der Waals surface area (Å²) in [6.45, 7) is 5.66. The number of carbonyl (C=O) groups excluding carboxylic acids is 1. The van der Waals surface area contributed by atoms with Crippen LogP contribution in [-0.4, -0.2) is 46.6 Å². The molecule has 8 nitrogen and oxygen atoms in total. The van der Waals surface area contributed by atoms with Gasteiger partial charge in [-0.05, 0) is 26.8 Å². The van der Waals surface area contributed by atoms with Gasteiger partial charge < -0.3 is 4.90 Å². The second-order valence-electron chi connectivity index (χ2n) is 7.65. The third-order valence-electron chi connectivity index (χ3n) is 5.18. The molecule has 0 N–H and O–H groups in total. The number of pyridine rings is 1. The Bertz CT molecular complexity index is 1130. The molecule has 31 heavy (non-hydrogen) atoms. The Labute approximate surface area is 174 Å². The smallest absolute Gasteiger partial charge is 0.328 e. The lowest BCUT2D eigenvalue weighted by molar-refractivity contribution is -0.140. The Hall–Kier alpha value is -3.31. The van der Waals surface area contributed by atoms with Crippen LogP contribution in [-0.2, 0) is 19.1 Å². The molecule has 1 aliphatic heterocycles. The third kappa shape index (κ3) is 3.66. The summed E-state index contributed by atoms with van der Waals surface area (Å²) in [6, 6.07) is 2.01. The number of nitrogens with zero attached hydrogens (tertiary/aromatic N) is 7. The number of rotatable bonds is 3. The first kappa shape index (κ1) is 20.9. The summed E-state index contributed by atoms with van der Waals surface area (Å²) in [6.07, 6.45) is -2.01. The summed E-state index contributed by atoms with van der Waals surface area (Å²) in [4.78, 5) is 17.7. The maximum Gasteiger partial charge on any atom is 0.419 e. The van der Waals surface area contributed by atoms with E-state index in [-0.39, 0.29) is 12.6 Å². The molecule has 0 saturated heterocycles. The van der Waals surface area contributed by atoms with Crippen LogP contribution in [0.3, 0.4) is 0 Å². The van der Waals surface area contributed by atoms with Gasteiger partial charge in [-0.15, -0.1) is 5.10 Å². The van der Waals surface area contributed by atoms with Crippen LogP contribution < -0.4 is 0 Å². The highest BCUT2D eigenvalue weighted by molar-refractivity contribution is 5.93. The molecule has 3 aromatic rings. The molecular weight excluding hydrogens is 418 g/mol. The van der Waals surface area contributed by atoms with Crippen LogP contribution in [0.4, 0.5) is 17.6 Å². The molecule has 3 aromatic heterocycles. The lowest BCUT2D eigenvalue weighted by atomic mass is 10.0. The van der Waals surface area contributed by atoms with Crippen molar-refractivity contribution in [3.8, 4) is 5.82 Å². The number of hydrogen-bond acceptors (Lipinski definition) is 5. The Morgan fingerprint density at radius 1 is 1.26 bits per heavy atom. The summed E-state index contributed by atoms with van der Waals surface area (Å²) in [5, 5.41) is 12.7. The fraction of sp³-hybridized carbons (Fsp3) is 0.421. The zero-order valence-electron chi connectivity index (χ0n) is 16.9. The summed E-state index contributed by atoms with van der Waals surface area (Å²) in [5.74, 6) is -2.04. The molecule has 1 atom stereocenters. The van der Waals surface area contributed by atoms with Crippen molar-refractivity contribution < 1.29 is 22.4 Å². The van der Waals surface area contributed by atoms with Crippen molar-refractivity contribution in [2.24, 2.45) is 0 Å². The topological polar surface area (TPSA) is 81.7 Å². The molecule has 4 heterocycles. The first-order valence-electron chi connectivity index (χ1n) is 9.59. The zero-order chi connectivity index (χ0) is 22.5. The van der Waals surface area contributed by atoms with Crippen LogP contribution >= 0.6 is 0 Å². The number of carbonyl (C=O) groups is 1. The molecule has 0 saturated carbocycles. The maximum atomic E-state index is 14.4. The highest BCUT2D eigenvalue weighted by Gasteiger charge is 2.39. The van der Waals surface area contributed by atoms with Gasteiger partial charge in [0, 0.05) is 37.0 Å². The molecule has 12 heteroatoms. The minimum Gasteiger partial charge on any atom is -0.328 e. The average Bonchev–Trinajstić information content (AvgIpc) is 3.32. The minimum atomic E-state index is -4.93. The van der Waals surface area contributed by atoms with Gasteiger partial charge >= 0.3 is 6.18 Å². The van der Waals surface area contributed by atoms with Gasteiger partial charge in [0.2, 0.25) is 0 Å². The normalized spacial score (nSPS) is 16.6. The lowest BCUT2D eigenvalue weighted by Crippen LogP contribution is -2.43. The van der Waals surface area contributed by atoms with Crippen LogP contribution in [0.15, 0.2) is 24.5 Å². The van der Waals surface area contributed by atoms with Gasteiger partial charge in [0.25, 0.3) is 5.91 Å². The van der Waals surface area contributed by atoms with E-state index < -0.39 is 35.2 Å². The molecule has 0 spiro atoms. The molecule has 0 fully saturated rings. The summed E-state index contributed by atoms with van der Waals surface area (Å²) < 4.78 is 56.8. The molecule has 0 aliphatic carbocycles. The van der Waals surface area contributed by atoms with E-state index in [1.54, 1.807) is 22.4 Å². The van der Waals surface area contributed by atoms with Crippen LogP contribution in [0.5, 0.6) is 0 Å². The van der Waals surface area contributed by atoms with E-state index in [1.807, 2.05) is 20.0 Å². The summed E-state index contributed by atoms with van der Waals surface area (Å²) >= 11 is 0. The number of aromatic nitrogens is 6. The largest absolute Gasteiger partial charge is 0.419 e. The van der Waals surface area contributed by atoms with Crippen LogP contribution in [0.2, 0.25) is 0 Å². The fourth-order valence-electron chi connectivity index (χ4n) is 3.50. The van der Waals surface area contributed by atoms with Crippen LogP contribution in [0, 0.1) is 5.82 Å². The second-order valence-corrected chi connectivity index (χ2v) is 7.65. The quantitative estimate of drug-likeness (QED) is 0.588. The van der Waals surface area contributed by atoms with Crippen molar-refractivity contribution in [3.05, 3.63) is 53.0 Å². The Kier molecular flexibility index (Phi) is 5.02. The van der Waals surface area contributed by atoms with Crippen LogP contribution in [0.25, 0.3) is 5.82 Å². The van der Waals surface area contributed by atoms with Gasteiger partial charge in [-0.2, -0.15) is 23.0 Å². The molecule has 1 aliphatic rings. The predicted octanol–water partition coefficient (Wildman–Crippen LogP) is 3.18. The number of alkyl halides is 3. The highest BCUT2D eigenvalue weighted by atomic mass is 19.4. The Balaban J connectivity index is 1.63. The van der Waals surface area contributed by atoms with E-state index >= 15 is 0 Å². The van der Waals surface area contributed by atoms with E-state index in [0.717, 1.165) is 11.9 Å². The van der Waals surface area contributed by atoms with Gasteiger partial charge in [0.05, 0.1) is 17.8 Å². The first-order chi connectivity index (χ1) is 14.6. The van der Waals surface area contributed by atoms with Crippen molar-refractivity contribution in [3.63, 3.8) is 0 Å². The Morgan fingerprint density at radius 3 is 2.65 bits per heavy atom. The lowest BCUT2D eigenvalue weighted by Gasteiger charge is -2.32. The van der Waals surface area contributed by atoms with Gasteiger partial charge in [-0.25, -0.2) is 9.37 Å². The highest BCUT2D eigenvalue weighted by Crippen LogP contribution is 2.33. The maximum absolute atomic E-state index is 14.4.